The maximum absolute atomic E-state index is 5.49. The number of aliphatic imine (C=N–C) groups is 1. The van der Waals surface area contributed by atoms with Gasteiger partial charge in [0.2, 0.25) is 11.9 Å². The summed E-state index contributed by atoms with van der Waals surface area (Å²) in [5.41, 5.74) is 4.89. The first-order chi connectivity index (χ1) is 14.0. The van der Waals surface area contributed by atoms with E-state index in [1.165, 1.54) is 0 Å². The Balaban J connectivity index is 1.77. The lowest BCUT2D eigenvalue weighted by molar-refractivity contribution is 1.03. The van der Waals surface area contributed by atoms with Crippen LogP contribution in [0.4, 0.5) is 11.6 Å². The molecule has 0 saturated carbocycles. The SMILES string of the molecule is Cc1cc(C)nc(NC(=NCc2ccccc2)NC(=S)Nc2ccccc2C)n1. The summed E-state index contributed by atoms with van der Waals surface area (Å²) >= 11 is 5.49. The molecule has 3 rings (SSSR count). The molecule has 0 aliphatic carbocycles. The van der Waals surface area contributed by atoms with Gasteiger partial charge in [0.1, 0.15) is 0 Å². The number of guanidine groups is 1. The maximum atomic E-state index is 5.49. The smallest absolute Gasteiger partial charge is 0.229 e. The van der Waals surface area contributed by atoms with E-state index in [4.69, 9.17) is 12.2 Å². The van der Waals surface area contributed by atoms with E-state index in [2.05, 4.69) is 30.9 Å². The lowest BCUT2D eigenvalue weighted by Gasteiger charge is -2.15. The van der Waals surface area contributed by atoms with E-state index in [0.29, 0.717) is 23.6 Å². The number of hydrogen-bond acceptors (Lipinski definition) is 4. The highest BCUT2D eigenvalue weighted by Crippen LogP contribution is 2.13. The Bertz CT molecular complexity index is 997. The number of nitrogens with one attached hydrogen (secondary N) is 3. The minimum absolute atomic E-state index is 0.433. The summed E-state index contributed by atoms with van der Waals surface area (Å²) in [6.45, 7) is 6.38. The van der Waals surface area contributed by atoms with Crippen LogP contribution in [0.5, 0.6) is 0 Å². The Morgan fingerprint density at radius 1 is 0.897 bits per heavy atom. The van der Waals surface area contributed by atoms with Crippen LogP contribution in [0, 0.1) is 20.8 Å². The maximum Gasteiger partial charge on any atom is 0.229 e. The van der Waals surface area contributed by atoms with Crippen molar-refractivity contribution in [3.05, 3.63) is 83.2 Å². The number of benzene rings is 2. The minimum Gasteiger partial charge on any atom is -0.332 e. The lowest BCUT2D eigenvalue weighted by atomic mass is 10.2. The minimum atomic E-state index is 0.433. The third-order valence-electron chi connectivity index (χ3n) is 4.10. The van der Waals surface area contributed by atoms with Gasteiger partial charge in [-0.15, -0.1) is 0 Å². The van der Waals surface area contributed by atoms with Crippen molar-refractivity contribution < 1.29 is 0 Å². The number of anilines is 2. The molecule has 148 valence electrons. The van der Waals surface area contributed by atoms with Crippen molar-refractivity contribution in [2.24, 2.45) is 4.99 Å². The van der Waals surface area contributed by atoms with Crippen molar-refractivity contribution >= 4 is 34.9 Å². The van der Waals surface area contributed by atoms with E-state index in [-0.39, 0.29) is 0 Å². The first-order valence-electron chi connectivity index (χ1n) is 9.31. The average Bonchev–Trinajstić information content (AvgIpc) is 2.68. The Kier molecular flexibility index (Phi) is 6.86. The van der Waals surface area contributed by atoms with Crippen LogP contribution in [0.1, 0.15) is 22.5 Å². The van der Waals surface area contributed by atoms with Crippen LogP contribution in [0.2, 0.25) is 0 Å². The van der Waals surface area contributed by atoms with Gasteiger partial charge in [-0.1, -0.05) is 48.5 Å². The summed E-state index contributed by atoms with van der Waals surface area (Å²) in [7, 11) is 0. The first-order valence-corrected chi connectivity index (χ1v) is 9.72. The van der Waals surface area contributed by atoms with Crippen LogP contribution in [-0.2, 0) is 6.54 Å². The number of para-hydroxylation sites is 1. The zero-order chi connectivity index (χ0) is 20.6. The van der Waals surface area contributed by atoms with Crippen LogP contribution in [0.15, 0.2) is 65.7 Å². The van der Waals surface area contributed by atoms with Gasteiger partial charge in [-0.2, -0.15) is 0 Å². The Morgan fingerprint density at radius 3 is 2.24 bits per heavy atom. The van der Waals surface area contributed by atoms with E-state index in [1.54, 1.807) is 0 Å². The molecule has 1 aromatic heterocycles. The zero-order valence-electron chi connectivity index (χ0n) is 16.7. The van der Waals surface area contributed by atoms with Gasteiger partial charge < -0.3 is 10.6 Å². The fourth-order valence-electron chi connectivity index (χ4n) is 2.73. The van der Waals surface area contributed by atoms with Gasteiger partial charge in [0.25, 0.3) is 0 Å². The number of hydrogen-bond donors (Lipinski definition) is 3. The highest BCUT2D eigenvalue weighted by atomic mass is 32.1. The predicted octanol–water partition coefficient (Wildman–Crippen LogP) is 4.36. The second-order valence-corrected chi connectivity index (χ2v) is 7.05. The normalized spacial score (nSPS) is 11.1. The van der Waals surface area contributed by atoms with Crippen LogP contribution in [0.25, 0.3) is 0 Å². The molecule has 3 N–H and O–H groups in total. The van der Waals surface area contributed by atoms with Gasteiger partial charge in [0, 0.05) is 17.1 Å². The molecule has 0 bridgehead atoms. The molecule has 0 aliphatic heterocycles. The molecule has 0 fully saturated rings. The molecular weight excluding hydrogens is 380 g/mol. The van der Waals surface area contributed by atoms with Gasteiger partial charge in [-0.25, -0.2) is 15.0 Å². The molecule has 0 atom stereocenters. The Morgan fingerprint density at radius 2 is 1.55 bits per heavy atom. The quantitative estimate of drug-likeness (QED) is 0.341. The zero-order valence-corrected chi connectivity index (χ0v) is 17.5. The van der Waals surface area contributed by atoms with E-state index >= 15 is 0 Å². The summed E-state index contributed by atoms with van der Waals surface area (Å²) in [6, 6.07) is 19.9. The Hall–Kier alpha value is -3.32. The third-order valence-corrected chi connectivity index (χ3v) is 4.30. The average molecular weight is 405 g/mol. The molecule has 1 heterocycles. The molecule has 3 aromatic rings. The second kappa shape index (κ2) is 9.75. The van der Waals surface area contributed by atoms with Crippen LogP contribution < -0.4 is 16.0 Å². The van der Waals surface area contributed by atoms with E-state index < -0.39 is 0 Å². The molecule has 0 saturated heterocycles. The fraction of sp³-hybridized carbons (Fsp3) is 0.182. The molecule has 0 spiro atoms. The molecule has 2 aromatic carbocycles. The second-order valence-electron chi connectivity index (χ2n) is 6.64. The Labute approximate surface area is 176 Å². The summed E-state index contributed by atoms with van der Waals surface area (Å²) in [5.74, 6) is 0.949. The van der Waals surface area contributed by atoms with E-state index in [1.807, 2.05) is 81.4 Å². The van der Waals surface area contributed by atoms with E-state index in [9.17, 15) is 0 Å². The van der Waals surface area contributed by atoms with Gasteiger partial charge in [0.15, 0.2) is 5.11 Å². The van der Waals surface area contributed by atoms with E-state index in [0.717, 1.165) is 28.2 Å². The lowest BCUT2D eigenvalue weighted by Crippen LogP contribution is -2.39. The molecule has 6 nitrogen and oxygen atoms in total. The third kappa shape index (κ3) is 6.36. The van der Waals surface area contributed by atoms with Gasteiger partial charge >= 0.3 is 0 Å². The molecule has 0 radical (unpaired) electrons. The number of aromatic nitrogens is 2. The van der Waals surface area contributed by atoms with Crippen molar-refractivity contribution in [3.8, 4) is 0 Å². The van der Waals surface area contributed by atoms with Crippen LogP contribution in [0.3, 0.4) is 0 Å². The predicted molar refractivity (Wildman–Crippen MR) is 123 cm³/mol. The standard InChI is InChI=1S/C22H24N6S/c1-15-9-7-8-12-19(15)26-22(29)28-20(23-14-18-10-5-4-6-11-18)27-21-24-16(2)13-17(3)25-21/h4-13H,14H2,1-3H3,(H3,23,24,25,26,27,28,29). The number of aryl methyl sites for hydroxylation is 3. The summed E-state index contributed by atoms with van der Waals surface area (Å²) < 4.78 is 0. The monoisotopic (exact) mass is 404 g/mol. The summed E-state index contributed by atoms with van der Waals surface area (Å²) in [6.07, 6.45) is 0. The number of nitrogens with zero attached hydrogens (tertiary/aromatic N) is 3. The van der Waals surface area contributed by atoms with Crippen molar-refractivity contribution in [2.45, 2.75) is 27.3 Å². The fourth-order valence-corrected chi connectivity index (χ4v) is 2.93. The molecule has 0 amide bonds. The highest BCUT2D eigenvalue weighted by Gasteiger charge is 2.08. The summed E-state index contributed by atoms with van der Waals surface area (Å²) in [5, 5.41) is 9.92. The van der Waals surface area contributed by atoms with Gasteiger partial charge in [0.05, 0.1) is 6.54 Å². The van der Waals surface area contributed by atoms with Crippen molar-refractivity contribution in [1.82, 2.24) is 15.3 Å². The highest BCUT2D eigenvalue weighted by molar-refractivity contribution is 7.80. The topological polar surface area (TPSA) is 74.2 Å². The number of thiocarbonyl (C=S) groups is 1. The molecule has 0 aliphatic rings. The molecular formula is C22H24N6S. The largest absolute Gasteiger partial charge is 0.332 e. The molecule has 0 unspecified atom stereocenters. The van der Waals surface area contributed by atoms with Gasteiger partial charge in [-0.3, -0.25) is 5.32 Å². The number of rotatable bonds is 4. The molecule has 29 heavy (non-hydrogen) atoms. The first kappa shape index (κ1) is 20.4. The van der Waals surface area contributed by atoms with Crippen LogP contribution >= 0.6 is 12.2 Å². The molecule has 7 heteroatoms. The van der Waals surface area contributed by atoms with Crippen LogP contribution in [-0.4, -0.2) is 21.0 Å². The van der Waals surface area contributed by atoms with Gasteiger partial charge in [-0.05, 0) is 56.2 Å². The van der Waals surface area contributed by atoms with Crippen molar-refractivity contribution in [1.29, 1.82) is 0 Å². The van der Waals surface area contributed by atoms with Crippen molar-refractivity contribution in [3.63, 3.8) is 0 Å². The summed E-state index contributed by atoms with van der Waals surface area (Å²) in [4.78, 5) is 13.5. The van der Waals surface area contributed by atoms with Crippen molar-refractivity contribution in [2.75, 3.05) is 10.6 Å².